The van der Waals surface area contributed by atoms with E-state index in [0.29, 0.717) is 16.6 Å². The van der Waals surface area contributed by atoms with Crippen molar-refractivity contribution in [2.75, 3.05) is 39.5 Å². The molecular weight excluding hydrogens is 450 g/mol. The molecule has 1 saturated heterocycles. The molecule has 1 aromatic carbocycles. The van der Waals surface area contributed by atoms with Gasteiger partial charge in [0.2, 0.25) is 0 Å². The first-order valence-corrected chi connectivity index (χ1v) is 12.3. The summed E-state index contributed by atoms with van der Waals surface area (Å²) in [5, 5.41) is 5.91. The van der Waals surface area contributed by atoms with E-state index < -0.39 is 5.97 Å². The summed E-state index contributed by atoms with van der Waals surface area (Å²) in [5.74, 6) is -0.896. The number of carbonyl (C=O) groups excluding carboxylic acids is 2. The summed E-state index contributed by atoms with van der Waals surface area (Å²) in [6, 6.07) is 7.28. The summed E-state index contributed by atoms with van der Waals surface area (Å²) in [4.78, 5) is 31.6. The van der Waals surface area contributed by atoms with Crippen LogP contribution in [0.5, 0.6) is 0 Å². The number of aromatic nitrogens is 1. The Morgan fingerprint density at radius 3 is 2.75 bits per heavy atom. The van der Waals surface area contributed by atoms with Gasteiger partial charge >= 0.3 is 5.97 Å². The van der Waals surface area contributed by atoms with Gasteiger partial charge in [0, 0.05) is 41.1 Å². The first kappa shape index (κ1) is 23.2. The number of esters is 1. The Morgan fingerprint density at radius 2 is 2.00 bits per heavy atom. The predicted molar refractivity (Wildman–Crippen MR) is 124 cm³/mol. The fraction of sp³-hybridized carbons (Fsp3) is 0.522. The zero-order valence-electron chi connectivity index (χ0n) is 18.0. The maximum atomic E-state index is 12.4. The summed E-state index contributed by atoms with van der Waals surface area (Å²) < 4.78 is 10.7. The van der Waals surface area contributed by atoms with Gasteiger partial charge in [-0.1, -0.05) is 43.0 Å². The van der Waals surface area contributed by atoms with Crippen LogP contribution < -0.4 is 5.32 Å². The van der Waals surface area contributed by atoms with Crippen LogP contribution in [0.15, 0.2) is 29.6 Å². The monoisotopic (exact) mass is 477 g/mol. The summed E-state index contributed by atoms with van der Waals surface area (Å²) in [6.45, 7) is 3.50. The van der Waals surface area contributed by atoms with E-state index in [-0.39, 0.29) is 23.7 Å². The van der Waals surface area contributed by atoms with Crippen LogP contribution in [0.2, 0.25) is 5.02 Å². The van der Waals surface area contributed by atoms with Gasteiger partial charge in [-0.05, 0) is 25.0 Å². The van der Waals surface area contributed by atoms with Crippen molar-refractivity contribution in [3.8, 4) is 10.6 Å². The number of thiazole rings is 1. The van der Waals surface area contributed by atoms with Crippen molar-refractivity contribution in [3.63, 3.8) is 0 Å². The minimum Gasteiger partial charge on any atom is -0.451 e. The van der Waals surface area contributed by atoms with Crippen LogP contribution in [0.4, 0.5) is 0 Å². The highest BCUT2D eigenvalue weighted by molar-refractivity contribution is 7.13. The molecule has 1 aliphatic carbocycles. The zero-order valence-corrected chi connectivity index (χ0v) is 19.6. The van der Waals surface area contributed by atoms with Gasteiger partial charge in [0.15, 0.2) is 12.3 Å². The Bertz CT molecular complexity index is 939. The number of rotatable bonds is 7. The molecule has 1 saturated carbocycles. The number of hydrogen-bond donors (Lipinski definition) is 1. The molecule has 0 bridgehead atoms. The van der Waals surface area contributed by atoms with Crippen molar-refractivity contribution in [1.82, 2.24) is 15.2 Å². The third-order valence-electron chi connectivity index (χ3n) is 6.20. The van der Waals surface area contributed by atoms with Crippen LogP contribution in [0.25, 0.3) is 10.6 Å². The van der Waals surface area contributed by atoms with Crippen molar-refractivity contribution in [2.45, 2.75) is 37.6 Å². The van der Waals surface area contributed by atoms with Crippen LogP contribution in [0, 0.1) is 0 Å². The quantitative estimate of drug-likeness (QED) is 0.611. The Balaban J connectivity index is 1.29. The minimum atomic E-state index is -0.606. The molecular formula is C23H28ClN3O4S. The Morgan fingerprint density at radius 1 is 1.22 bits per heavy atom. The number of nitrogens with zero attached hydrogens (tertiary/aromatic N) is 2. The predicted octanol–water partition coefficient (Wildman–Crippen LogP) is 3.77. The van der Waals surface area contributed by atoms with E-state index in [4.69, 9.17) is 21.1 Å². The highest BCUT2D eigenvalue weighted by Gasteiger charge is 2.38. The van der Waals surface area contributed by atoms with Gasteiger partial charge in [-0.3, -0.25) is 9.69 Å². The summed E-state index contributed by atoms with van der Waals surface area (Å²) in [5.41, 5.74) is 0.998. The van der Waals surface area contributed by atoms with Crippen molar-refractivity contribution < 1.29 is 19.1 Å². The number of hydrogen-bond acceptors (Lipinski definition) is 7. The van der Waals surface area contributed by atoms with Crippen LogP contribution in [-0.2, 0) is 14.3 Å². The average Bonchev–Trinajstić information content (AvgIpc) is 3.33. The van der Waals surface area contributed by atoms with Gasteiger partial charge in [-0.2, -0.15) is 0 Å². The smallest absolute Gasteiger partial charge is 0.358 e. The lowest BCUT2D eigenvalue weighted by atomic mass is 9.79. The number of ether oxygens (including phenoxy) is 2. The highest BCUT2D eigenvalue weighted by Crippen LogP contribution is 2.34. The first-order chi connectivity index (χ1) is 15.6. The van der Waals surface area contributed by atoms with E-state index >= 15 is 0 Å². The molecule has 0 unspecified atom stereocenters. The molecule has 9 heteroatoms. The molecule has 0 radical (unpaired) electrons. The highest BCUT2D eigenvalue weighted by atomic mass is 35.5. The summed E-state index contributed by atoms with van der Waals surface area (Å²) in [7, 11) is 0. The summed E-state index contributed by atoms with van der Waals surface area (Å²) in [6.07, 6.45) is 5.71. The van der Waals surface area contributed by atoms with Crippen molar-refractivity contribution in [3.05, 3.63) is 40.4 Å². The molecule has 2 aliphatic rings. The number of morpholine rings is 1. The number of carbonyl (C=O) groups is 2. The number of amides is 1. The maximum absolute atomic E-state index is 12.4. The molecule has 1 N–H and O–H groups in total. The van der Waals surface area contributed by atoms with E-state index in [1.165, 1.54) is 30.6 Å². The fourth-order valence-electron chi connectivity index (χ4n) is 4.49. The van der Waals surface area contributed by atoms with Gasteiger partial charge in [-0.15, -0.1) is 11.3 Å². The number of halogens is 1. The Hall–Kier alpha value is -2.00. The standard InChI is InChI=1S/C23H28ClN3O4S/c24-18-6-4-5-17(13-18)21-26-19(15-32-21)22(29)31-14-20(28)25-16-23(7-2-1-3-8-23)27-9-11-30-12-10-27/h4-6,13,15H,1-3,7-12,14,16H2,(H,25,28). The second-order valence-electron chi connectivity index (χ2n) is 8.29. The van der Waals surface area contributed by atoms with Gasteiger partial charge in [0.05, 0.1) is 13.2 Å². The molecule has 2 heterocycles. The van der Waals surface area contributed by atoms with Crippen LogP contribution in [0.1, 0.15) is 42.6 Å². The van der Waals surface area contributed by atoms with Gasteiger partial charge in [-0.25, -0.2) is 9.78 Å². The molecule has 32 heavy (non-hydrogen) atoms. The van der Waals surface area contributed by atoms with Gasteiger partial charge in [0.1, 0.15) is 5.01 Å². The largest absolute Gasteiger partial charge is 0.451 e. The van der Waals surface area contributed by atoms with Crippen LogP contribution in [0.3, 0.4) is 0 Å². The van der Waals surface area contributed by atoms with E-state index in [1.807, 2.05) is 12.1 Å². The summed E-state index contributed by atoms with van der Waals surface area (Å²) >= 11 is 7.36. The van der Waals surface area contributed by atoms with E-state index in [0.717, 1.165) is 44.7 Å². The average molecular weight is 478 g/mol. The second-order valence-corrected chi connectivity index (χ2v) is 9.58. The molecule has 0 atom stereocenters. The van der Waals surface area contributed by atoms with E-state index in [1.54, 1.807) is 17.5 Å². The molecule has 7 nitrogen and oxygen atoms in total. The topological polar surface area (TPSA) is 80.8 Å². The number of benzene rings is 1. The number of nitrogens with one attached hydrogen (secondary N) is 1. The molecule has 1 aromatic heterocycles. The van der Waals surface area contributed by atoms with Crippen molar-refractivity contribution in [1.29, 1.82) is 0 Å². The SMILES string of the molecule is O=C(COC(=O)c1csc(-c2cccc(Cl)c2)n1)NCC1(N2CCOCC2)CCCCC1. The third-order valence-corrected chi connectivity index (χ3v) is 7.33. The Kier molecular flexibility index (Phi) is 7.78. The van der Waals surface area contributed by atoms with Gasteiger partial charge < -0.3 is 14.8 Å². The van der Waals surface area contributed by atoms with Crippen LogP contribution in [-0.4, -0.2) is 66.8 Å². The van der Waals surface area contributed by atoms with E-state index in [2.05, 4.69) is 15.2 Å². The molecule has 2 fully saturated rings. The van der Waals surface area contributed by atoms with Crippen molar-refractivity contribution in [2.24, 2.45) is 0 Å². The lowest BCUT2D eigenvalue weighted by molar-refractivity contribution is -0.125. The maximum Gasteiger partial charge on any atom is 0.358 e. The third kappa shape index (κ3) is 5.67. The minimum absolute atomic E-state index is 0.0253. The molecule has 1 amide bonds. The first-order valence-electron chi connectivity index (χ1n) is 11.0. The van der Waals surface area contributed by atoms with E-state index in [9.17, 15) is 9.59 Å². The normalized spacial score (nSPS) is 18.8. The van der Waals surface area contributed by atoms with Gasteiger partial charge in [0.25, 0.3) is 5.91 Å². The molecule has 4 rings (SSSR count). The zero-order chi connectivity index (χ0) is 22.4. The lowest BCUT2D eigenvalue weighted by Crippen LogP contribution is -2.59. The van der Waals surface area contributed by atoms with Crippen LogP contribution >= 0.6 is 22.9 Å². The van der Waals surface area contributed by atoms with Crippen molar-refractivity contribution >= 4 is 34.8 Å². The fourth-order valence-corrected chi connectivity index (χ4v) is 5.47. The molecule has 0 spiro atoms. The molecule has 172 valence electrons. The lowest BCUT2D eigenvalue weighted by Gasteiger charge is -2.48. The second kappa shape index (κ2) is 10.7. The Labute approximate surface area is 197 Å². The molecule has 2 aromatic rings. The molecule has 1 aliphatic heterocycles.